The molecule has 1 rings (SSSR count). The Balaban J connectivity index is 2.95. The van der Waals surface area contributed by atoms with Crippen molar-refractivity contribution in [2.45, 2.75) is 37.1 Å². The molecule has 0 spiro atoms. The first kappa shape index (κ1) is 17.7. The number of alkyl halides is 3. The molecule has 2 N–H and O–H groups in total. The molecule has 1 atom stereocenters. The maximum absolute atomic E-state index is 12.1. The maximum Gasteiger partial charge on any atom is 0.573 e. The van der Waals surface area contributed by atoms with Crippen molar-refractivity contribution in [1.29, 1.82) is 0 Å². The summed E-state index contributed by atoms with van der Waals surface area (Å²) < 4.78 is 66.5. The fourth-order valence-corrected chi connectivity index (χ4v) is 3.02. The van der Waals surface area contributed by atoms with Gasteiger partial charge in [-0.1, -0.05) is 13.0 Å². The van der Waals surface area contributed by atoms with Gasteiger partial charge in [-0.2, -0.15) is 0 Å². The molecule has 0 aliphatic carbocycles. The molecule has 120 valence electrons. The Bertz CT molecular complexity index is 560. The lowest BCUT2D eigenvalue weighted by atomic mass is 10.2. The first-order chi connectivity index (χ1) is 9.68. The van der Waals surface area contributed by atoms with E-state index in [0.29, 0.717) is 6.42 Å². The zero-order valence-corrected chi connectivity index (χ0v) is 12.0. The van der Waals surface area contributed by atoms with E-state index in [1.807, 2.05) is 0 Å². The van der Waals surface area contributed by atoms with Gasteiger partial charge in [0, 0.05) is 18.7 Å². The van der Waals surface area contributed by atoms with E-state index in [9.17, 15) is 21.6 Å². The van der Waals surface area contributed by atoms with E-state index in [4.69, 9.17) is 5.11 Å². The third-order valence-electron chi connectivity index (χ3n) is 2.64. The van der Waals surface area contributed by atoms with Crippen molar-refractivity contribution in [2.24, 2.45) is 0 Å². The van der Waals surface area contributed by atoms with Crippen LogP contribution in [0.2, 0.25) is 0 Å². The minimum absolute atomic E-state index is 0.196. The van der Waals surface area contributed by atoms with Gasteiger partial charge >= 0.3 is 6.36 Å². The molecule has 0 saturated carbocycles. The van der Waals surface area contributed by atoms with Gasteiger partial charge in [0.2, 0.25) is 10.0 Å². The van der Waals surface area contributed by atoms with Gasteiger partial charge < -0.3 is 9.84 Å². The molecule has 0 saturated heterocycles. The van der Waals surface area contributed by atoms with Crippen molar-refractivity contribution in [2.75, 3.05) is 6.61 Å². The van der Waals surface area contributed by atoms with Crippen LogP contribution < -0.4 is 9.46 Å². The molecule has 0 amide bonds. The summed E-state index contributed by atoms with van der Waals surface area (Å²) in [5.74, 6) is -0.611. The van der Waals surface area contributed by atoms with Gasteiger partial charge in [0.1, 0.15) is 5.75 Å². The molecule has 9 heteroatoms. The Hall–Kier alpha value is -1.32. The molecule has 0 radical (unpaired) electrons. The number of hydrogen-bond acceptors (Lipinski definition) is 4. The van der Waals surface area contributed by atoms with Gasteiger partial charge in [-0.25, -0.2) is 13.1 Å². The van der Waals surface area contributed by atoms with Crippen LogP contribution in [0.5, 0.6) is 5.75 Å². The van der Waals surface area contributed by atoms with Crippen molar-refractivity contribution >= 4 is 10.0 Å². The molecule has 5 nitrogen and oxygen atoms in total. The monoisotopic (exact) mass is 327 g/mol. The number of rotatable bonds is 7. The molecule has 21 heavy (non-hydrogen) atoms. The summed E-state index contributed by atoms with van der Waals surface area (Å²) in [6.07, 6.45) is -4.23. The number of benzene rings is 1. The van der Waals surface area contributed by atoms with Crippen LogP contribution in [0, 0.1) is 0 Å². The van der Waals surface area contributed by atoms with Gasteiger partial charge in [0.25, 0.3) is 0 Å². The summed E-state index contributed by atoms with van der Waals surface area (Å²) in [5.41, 5.74) is 0. The summed E-state index contributed by atoms with van der Waals surface area (Å²) >= 11 is 0. The molecule has 0 aromatic heterocycles. The van der Waals surface area contributed by atoms with E-state index in [1.165, 1.54) is 0 Å². The normalized spacial score (nSPS) is 14.0. The third-order valence-corrected chi connectivity index (χ3v) is 4.16. The summed E-state index contributed by atoms with van der Waals surface area (Å²) in [6, 6.07) is 3.63. The number of sulfonamides is 1. The van der Waals surface area contributed by atoms with Gasteiger partial charge in [-0.3, -0.25) is 0 Å². The smallest absolute Gasteiger partial charge is 0.406 e. The molecule has 1 aromatic carbocycles. The molecular formula is C12H16F3NO4S. The van der Waals surface area contributed by atoms with Crippen LogP contribution in [0.15, 0.2) is 29.2 Å². The Morgan fingerprint density at radius 1 is 1.38 bits per heavy atom. The molecule has 0 aliphatic heterocycles. The van der Waals surface area contributed by atoms with Gasteiger partial charge in [-0.15, -0.1) is 13.2 Å². The second-order valence-corrected chi connectivity index (χ2v) is 5.98. The lowest BCUT2D eigenvalue weighted by Gasteiger charge is -2.16. The highest BCUT2D eigenvalue weighted by Crippen LogP contribution is 2.25. The van der Waals surface area contributed by atoms with E-state index in [-0.39, 0.29) is 17.9 Å². The first-order valence-corrected chi connectivity index (χ1v) is 7.65. The Kier molecular flexibility index (Phi) is 5.99. The molecule has 0 heterocycles. The lowest BCUT2D eigenvalue weighted by Crippen LogP contribution is -2.35. The minimum Gasteiger partial charge on any atom is -0.406 e. The predicted molar refractivity (Wildman–Crippen MR) is 69.2 cm³/mol. The predicted octanol–water partition coefficient (Wildman–Crippen LogP) is 2.02. The SMILES string of the molecule is CCC(CCO)NS(=O)(=O)c1cccc(OC(F)(F)F)c1. The number of nitrogens with one attached hydrogen (secondary N) is 1. The summed E-state index contributed by atoms with van der Waals surface area (Å²) in [6.45, 7) is 1.53. The average Bonchev–Trinajstić information content (AvgIpc) is 2.36. The van der Waals surface area contributed by atoms with Crippen LogP contribution in [-0.2, 0) is 10.0 Å². The van der Waals surface area contributed by atoms with Crippen molar-refractivity contribution < 1.29 is 31.4 Å². The third kappa shape index (κ3) is 5.90. The molecule has 0 aliphatic rings. The number of hydrogen-bond donors (Lipinski definition) is 2. The average molecular weight is 327 g/mol. The number of halogens is 3. The largest absolute Gasteiger partial charge is 0.573 e. The highest BCUT2D eigenvalue weighted by Gasteiger charge is 2.31. The Labute approximate surface area is 120 Å². The van der Waals surface area contributed by atoms with Crippen LogP contribution in [-0.4, -0.2) is 32.5 Å². The minimum atomic E-state index is -4.89. The number of ether oxygens (including phenoxy) is 1. The molecular weight excluding hydrogens is 311 g/mol. The summed E-state index contributed by atoms with van der Waals surface area (Å²) in [4.78, 5) is -0.333. The molecule has 0 bridgehead atoms. The second-order valence-electron chi connectivity index (χ2n) is 4.26. The Morgan fingerprint density at radius 2 is 2.05 bits per heavy atom. The van der Waals surface area contributed by atoms with Crippen molar-refractivity contribution in [3.05, 3.63) is 24.3 Å². The van der Waals surface area contributed by atoms with Crippen molar-refractivity contribution in [3.8, 4) is 5.75 Å². The van der Waals surface area contributed by atoms with Crippen LogP contribution in [0.3, 0.4) is 0 Å². The molecule has 0 fully saturated rings. The van der Waals surface area contributed by atoms with E-state index < -0.39 is 28.2 Å². The number of aliphatic hydroxyl groups is 1. The van der Waals surface area contributed by atoms with Crippen molar-refractivity contribution in [1.82, 2.24) is 4.72 Å². The fraction of sp³-hybridized carbons (Fsp3) is 0.500. The standard InChI is InChI=1S/C12H16F3NO4S/c1-2-9(6-7-17)16-21(18,19)11-5-3-4-10(8-11)20-12(13,14)15/h3-5,8-9,16-17H,2,6-7H2,1H3. The Morgan fingerprint density at radius 3 is 2.57 bits per heavy atom. The van der Waals surface area contributed by atoms with E-state index in [0.717, 1.165) is 24.3 Å². The zero-order chi connectivity index (χ0) is 16.1. The highest BCUT2D eigenvalue weighted by atomic mass is 32.2. The molecule has 1 unspecified atom stereocenters. The van der Waals surface area contributed by atoms with Crippen LogP contribution in [0.25, 0.3) is 0 Å². The van der Waals surface area contributed by atoms with Crippen LogP contribution in [0.4, 0.5) is 13.2 Å². The van der Waals surface area contributed by atoms with E-state index in [1.54, 1.807) is 6.92 Å². The van der Waals surface area contributed by atoms with Gasteiger partial charge in [0.05, 0.1) is 4.90 Å². The van der Waals surface area contributed by atoms with Crippen LogP contribution >= 0.6 is 0 Å². The fourth-order valence-electron chi connectivity index (χ4n) is 1.63. The molecule has 1 aromatic rings. The van der Waals surface area contributed by atoms with Gasteiger partial charge in [-0.05, 0) is 25.0 Å². The van der Waals surface area contributed by atoms with E-state index in [2.05, 4.69) is 9.46 Å². The zero-order valence-electron chi connectivity index (χ0n) is 11.2. The highest BCUT2D eigenvalue weighted by molar-refractivity contribution is 7.89. The lowest BCUT2D eigenvalue weighted by molar-refractivity contribution is -0.274. The number of aliphatic hydroxyl groups excluding tert-OH is 1. The first-order valence-electron chi connectivity index (χ1n) is 6.17. The summed E-state index contributed by atoms with van der Waals surface area (Å²) in [5, 5.41) is 8.83. The summed E-state index contributed by atoms with van der Waals surface area (Å²) in [7, 11) is -3.98. The van der Waals surface area contributed by atoms with E-state index >= 15 is 0 Å². The maximum atomic E-state index is 12.1. The van der Waals surface area contributed by atoms with Crippen LogP contribution in [0.1, 0.15) is 19.8 Å². The quantitative estimate of drug-likeness (QED) is 0.803. The van der Waals surface area contributed by atoms with Crippen molar-refractivity contribution in [3.63, 3.8) is 0 Å². The second kappa shape index (κ2) is 7.10. The van der Waals surface area contributed by atoms with Gasteiger partial charge in [0.15, 0.2) is 0 Å². The topological polar surface area (TPSA) is 75.6 Å².